The van der Waals surface area contributed by atoms with Gasteiger partial charge in [-0.05, 0) is 6.92 Å². The molecule has 98 valence electrons. The lowest BCUT2D eigenvalue weighted by Crippen LogP contribution is -2.56. The molecule has 1 aromatic rings. The second kappa shape index (κ2) is 5.97. The maximum Gasteiger partial charge on any atom is 0.330 e. The van der Waals surface area contributed by atoms with Crippen molar-refractivity contribution in [1.29, 1.82) is 0 Å². The summed E-state index contributed by atoms with van der Waals surface area (Å²) in [5, 5.41) is 3.63. The van der Waals surface area contributed by atoms with Gasteiger partial charge in [0.05, 0.1) is 24.0 Å². The predicted octanol–water partition coefficient (Wildman–Crippen LogP) is 0.471. The predicted molar refractivity (Wildman–Crippen MR) is 67.7 cm³/mol. The van der Waals surface area contributed by atoms with E-state index >= 15 is 0 Å². The molecule has 0 spiro atoms. The molecule has 7 heteroatoms. The van der Waals surface area contributed by atoms with Crippen molar-refractivity contribution >= 4 is 23.5 Å². The molecular formula is C11H15ClN4O2. The van der Waals surface area contributed by atoms with Gasteiger partial charge in [0.2, 0.25) is 5.95 Å². The Balaban J connectivity index is 2.17. The summed E-state index contributed by atoms with van der Waals surface area (Å²) in [7, 11) is 0. The van der Waals surface area contributed by atoms with Gasteiger partial charge in [0.15, 0.2) is 0 Å². The lowest BCUT2D eigenvalue weighted by atomic mass is 10.2. The standard InChI is InChI=1S/C11H15ClN4O2/c1-2-18-10(17)9-7-13-3-4-16(9)11-14-5-8(12)6-15-11/h5-6,9,13H,2-4,7H2,1H3. The van der Waals surface area contributed by atoms with Gasteiger partial charge >= 0.3 is 5.97 Å². The van der Waals surface area contributed by atoms with Crippen molar-refractivity contribution in [3.8, 4) is 0 Å². The molecule has 0 radical (unpaired) electrons. The van der Waals surface area contributed by atoms with Crippen molar-refractivity contribution < 1.29 is 9.53 Å². The number of carbonyl (C=O) groups excluding carboxylic acids is 1. The van der Waals surface area contributed by atoms with Crippen molar-refractivity contribution in [2.24, 2.45) is 0 Å². The van der Waals surface area contributed by atoms with E-state index in [1.165, 1.54) is 12.4 Å². The maximum atomic E-state index is 11.9. The van der Waals surface area contributed by atoms with Gasteiger partial charge in [0.25, 0.3) is 0 Å². The molecule has 1 aliphatic rings. The van der Waals surface area contributed by atoms with Crippen LogP contribution in [-0.2, 0) is 9.53 Å². The molecule has 1 N–H and O–H groups in total. The first kappa shape index (κ1) is 13.0. The minimum absolute atomic E-state index is 0.261. The highest BCUT2D eigenvalue weighted by molar-refractivity contribution is 6.30. The molecule has 2 rings (SSSR count). The van der Waals surface area contributed by atoms with Gasteiger partial charge in [-0.3, -0.25) is 0 Å². The van der Waals surface area contributed by atoms with Crippen LogP contribution in [0.4, 0.5) is 5.95 Å². The Kier molecular flexibility index (Phi) is 4.33. The first-order chi connectivity index (χ1) is 8.72. The van der Waals surface area contributed by atoms with Gasteiger partial charge in [-0.1, -0.05) is 11.6 Å². The van der Waals surface area contributed by atoms with Crippen LogP contribution in [0.15, 0.2) is 12.4 Å². The minimum atomic E-state index is -0.389. The Hall–Kier alpha value is -1.40. The Morgan fingerprint density at radius 2 is 2.33 bits per heavy atom. The largest absolute Gasteiger partial charge is 0.464 e. The Morgan fingerprint density at radius 1 is 1.61 bits per heavy atom. The van der Waals surface area contributed by atoms with Crippen molar-refractivity contribution in [2.75, 3.05) is 31.1 Å². The number of piperazine rings is 1. The van der Waals surface area contributed by atoms with Gasteiger partial charge in [0.1, 0.15) is 6.04 Å². The summed E-state index contributed by atoms with van der Waals surface area (Å²) in [6, 6.07) is -0.389. The van der Waals surface area contributed by atoms with Crippen LogP contribution in [0.5, 0.6) is 0 Å². The van der Waals surface area contributed by atoms with Crippen molar-refractivity contribution in [3.63, 3.8) is 0 Å². The zero-order valence-corrected chi connectivity index (χ0v) is 10.9. The number of aromatic nitrogens is 2. The Bertz CT molecular complexity index is 412. The van der Waals surface area contributed by atoms with Crippen LogP contribution in [0.3, 0.4) is 0 Å². The second-order valence-electron chi connectivity index (χ2n) is 3.87. The van der Waals surface area contributed by atoms with E-state index < -0.39 is 0 Å². The average Bonchev–Trinajstić information content (AvgIpc) is 2.40. The molecule has 0 amide bonds. The van der Waals surface area contributed by atoms with E-state index in [1.807, 2.05) is 4.90 Å². The highest BCUT2D eigenvalue weighted by Crippen LogP contribution is 2.15. The summed E-state index contributed by atoms with van der Waals surface area (Å²) in [5.74, 6) is 0.238. The molecule has 1 saturated heterocycles. The number of rotatable bonds is 3. The number of esters is 1. The molecule has 2 heterocycles. The van der Waals surface area contributed by atoms with Crippen LogP contribution >= 0.6 is 11.6 Å². The van der Waals surface area contributed by atoms with E-state index in [9.17, 15) is 4.79 Å². The summed E-state index contributed by atoms with van der Waals surface area (Å²) < 4.78 is 5.05. The SMILES string of the molecule is CCOC(=O)C1CNCCN1c1ncc(Cl)cn1. The van der Waals surface area contributed by atoms with Crippen LogP contribution in [0.1, 0.15) is 6.92 Å². The van der Waals surface area contributed by atoms with Crippen molar-refractivity contribution in [2.45, 2.75) is 13.0 Å². The van der Waals surface area contributed by atoms with Crippen LogP contribution in [0, 0.1) is 0 Å². The molecule has 18 heavy (non-hydrogen) atoms. The van der Waals surface area contributed by atoms with Crippen LogP contribution in [0.25, 0.3) is 0 Å². The number of hydrogen-bond donors (Lipinski definition) is 1. The topological polar surface area (TPSA) is 67.3 Å². The zero-order valence-electron chi connectivity index (χ0n) is 10.1. The Morgan fingerprint density at radius 3 is 3.00 bits per heavy atom. The van der Waals surface area contributed by atoms with Crippen molar-refractivity contribution in [3.05, 3.63) is 17.4 Å². The van der Waals surface area contributed by atoms with E-state index in [2.05, 4.69) is 15.3 Å². The van der Waals surface area contributed by atoms with E-state index in [4.69, 9.17) is 16.3 Å². The third-order valence-electron chi connectivity index (χ3n) is 2.67. The summed E-state index contributed by atoms with van der Waals surface area (Å²) in [6.45, 7) is 4.12. The second-order valence-corrected chi connectivity index (χ2v) is 4.30. The number of carbonyl (C=O) groups is 1. The summed E-state index contributed by atoms with van der Waals surface area (Å²) in [6.07, 6.45) is 3.04. The summed E-state index contributed by atoms with van der Waals surface area (Å²) >= 11 is 5.75. The number of ether oxygens (including phenoxy) is 1. The van der Waals surface area contributed by atoms with E-state index in [1.54, 1.807) is 6.92 Å². The van der Waals surface area contributed by atoms with Gasteiger partial charge in [-0.2, -0.15) is 0 Å². The molecule has 0 aliphatic carbocycles. The van der Waals surface area contributed by atoms with Gasteiger partial charge in [-0.15, -0.1) is 0 Å². The fourth-order valence-electron chi connectivity index (χ4n) is 1.85. The van der Waals surface area contributed by atoms with E-state index in [0.717, 1.165) is 6.54 Å². The smallest absolute Gasteiger partial charge is 0.330 e. The van der Waals surface area contributed by atoms with E-state index in [0.29, 0.717) is 30.7 Å². The normalized spacial score (nSPS) is 19.7. The van der Waals surface area contributed by atoms with Crippen LogP contribution < -0.4 is 10.2 Å². The van der Waals surface area contributed by atoms with E-state index in [-0.39, 0.29) is 12.0 Å². The fourth-order valence-corrected chi connectivity index (χ4v) is 1.94. The summed E-state index contributed by atoms with van der Waals surface area (Å²) in [4.78, 5) is 22.0. The molecule has 1 aromatic heterocycles. The van der Waals surface area contributed by atoms with Gasteiger partial charge < -0.3 is 15.0 Å². The molecule has 1 atom stereocenters. The molecule has 0 saturated carbocycles. The number of anilines is 1. The molecule has 1 unspecified atom stereocenters. The maximum absolute atomic E-state index is 11.9. The lowest BCUT2D eigenvalue weighted by Gasteiger charge is -2.34. The number of nitrogens with one attached hydrogen (secondary N) is 1. The minimum Gasteiger partial charge on any atom is -0.464 e. The Labute approximate surface area is 110 Å². The first-order valence-corrected chi connectivity index (χ1v) is 6.21. The molecule has 6 nitrogen and oxygen atoms in total. The highest BCUT2D eigenvalue weighted by Gasteiger charge is 2.31. The van der Waals surface area contributed by atoms with Gasteiger partial charge in [-0.25, -0.2) is 14.8 Å². The molecule has 0 aromatic carbocycles. The number of hydrogen-bond acceptors (Lipinski definition) is 6. The molecule has 1 fully saturated rings. The third-order valence-corrected chi connectivity index (χ3v) is 2.86. The molecule has 0 bridgehead atoms. The molecule has 1 aliphatic heterocycles. The lowest BCUT2D eigenvalue weighted by molar-refractivity contribution is -0.144. The third kappa shape index (κ3) is 2.88. The molecular weight excluding hydrogens is 256 g/mol. The quantitative estimate of drug-likeness (QED) is 0.806. The highest BCUT2D eigenvalue weighted by atomic mass is 35.5. The zero-order chi connectivity index (χ0) is 13.0. The number of halogens is 1. The van der Waals surface area contributed by atoms with Crippen LogP contribution in [0.2, 0.25) is 5.02 Å². The fraction of sp³-hybridized carbons (Fsp3) is 0.545. The average molecular weight is 271 g/mol. The van der Waals surface area contributed by atoms with Crippen LogP contribution in [-0.4, -0.2) is 48.2 Å². The van der Waals surface area contributed by atoms with Gasteiger partial charge in [0, 0.05) is 19.6 Å². The number of nitrogens with zero attached hydrogens (tertiary/aromatic N) is 3. The first-order valence-electron chi connectivity index (χ1n) is 5.84. The monoisotopic (exact) mass is 270 g/mol. The summed E-state index contributed by atoms with van der Waals surface area (Å²) in [5.41, 5.74) is 0. The van der Waals surface area contributed by atoms with Crippen molar-refractivity contribution in [1.82, 2.24) is 15.3 Å².